The number of hydrogen-bond acceptors (Lipinski definition) is 11. The number of phenolic OH excluding ortho intramolecular Hbond substituents is 1. The summed E-state index contributed by atoms with van der Waals surface area (Å²) in [5, 5.41) is 49.4. The van der Waals surface area contributed by atoms with Crippen LogP contribution >= 0.6 is 0 Å². The first-order valence-electron chi connectivity index (χ1n) is 15.4. The minimum absolute atomic E-state index is 0.0925. The summed E-state index contributed by atoms with van der Waals surface area (Å²) in [6.07, 6.45) is 2.36. The van der Waals surface area contributed by atoms with E-state index in [4.69, 9.17) is 29.6 Å². The number of pyridine rings is 1. The van der Waals surface area contributed by atoms with E-state index in [1.165, 1.54) is 32.2 Å². The van der Waals surface area contributed by atoms with Crippen LogP contribution in [-0.2, 0) is 16.1 Å². The van der Waals surface area contributed by atoms with Crippen LogP contribution in [0.1, 0.15) is 36.5 Å². The molecule has 1 aliphatic heterocycles. The highest BCUT2D eigenvalue weighted by Crippen LogP contribution is 2.41. The van der Waals surface area contributed by atoms with Crippen LogP contribution in [0.5, 0.6) is 17.2 Å². The number of phenols is 1. The third-order valence-corrected chi connectivity index (χ3v) is 8.14. The number of aromatic nitrogens is 1. The molecule has 1 saturated heterocycles. The van der Waals surface area contributed by atoms with Crippen molar-refractivity contribution < 1.29 is 38.9 Å². The van der Waals surface area contributed by atoms with Crippen LogP contribution in [0.3, 0.4) is 0 Å². The van der Waals surface area contributed by atoms with Gasteiger partial charge in [-0.05, 0) is 72.9 Å². The Balaban J connectivity index is 0.00000181. The fraction of sp³-hybridized carbons (Fsp3) is 0.250. The van der Waals surface area contributed by atoms with Gasteiger partial charge in [-0.25, -0.2) is 14.9 Å². The van der Waals surface area contributed by atoms with Gasteiger partial charge >= 0.3 is 0 Å². The van der Waals surface area contributed by atoms with Gasteiger partial charge in [-0.3, -0.25) is 14.8 Å². The number of ether oxygens (including phenoxy) is 2. The van der Waals surface area contributed by atoms with Crippen molar-refractivity contribution in [1.29, 1.82) is 10.5 Å². The van der Waals surface area contributed by atoms with Crippen LogP contribution in [0, 0.1) is 28.5 Å². The SMILES string of the molecule is COc1ccc(-c2cnc(N3CCC(NCc4ccc(OC(C)C(=O)NO)cc4)CC3)c(C#N)c2-c2ccc(C#N)c(F)c2)cc1O.O=CO. The molecule has 1 fully saturated rings. The van der Waals surface area contributed by atoms with E-state index in [9.17, 15) is 24.8 Å². The summed E-state index contributed by atoms with van der Waals surface area (Å²) >= 11 is 0. The summed E-state index contributed by atoms with van der Waals surface area (Å²) in [5.41, 5.74) is 4.70. The third-order valence-electron chi connectivity index (χ3n) is 8.14. The zero-order valence-corrected chi connectivity index (χ0v) is 27.3. The lowest BCUT2D eigenvalue weighted by molar-refractivity contribution is -0.135. The molecule has 1 aliphatic rings. The van der Waals surface area contributed by atoms with Gasteiger partial charge < -0.3 is 29.9 Å². The second kappa shape index (κ2) is 17.3. The Morgan fingerprint density at radius 3 is 2.36 bits per heavy atom. The fourth-order valence-electron chi connectivity index (χ4n) is 5.58. The van der Waals surface area contributed by atoms with Crippen molar-refractivity contribution in [2.75, 3.05) is 25.1 Å². The molecule has 0 bridgehead atoms. The maximum Gasteiger partial charge on any atom is 0.290 e. The van der Waals surface area contributed by atoms with Crippen LogP contribution < -0.4 is 25.2 Å². The molecule has 50 heavy (non-hydrogen) atoms. The van der Waals surface area contributed by atoms with Gasteiger partial charge in [0.2, 0.25) is 0 Å². The molecule has 5 rings (SSSR count). The number of rotatable bonds is 10. The first kappa shape index (κ1) is 36.6. The molecule has 1 atom stereocenters. The van der Waals surface area contributed by atoms with Gasteiger partial charge in [0.05, 0.1) is 12.7 Å². The Labute approximate surface area is 287 Å². The van der Waals surface area contributed by atoms with Crippen molar-refractivity contribution in [3.05, 3.63) is 89.4 Å². The van der Waals surface area contributed by atoms with Gasteiger partial charge in [-0.1, -0.05) is 24.3 Å². The molecule has 0 saturated carbocycles. The van der Waals surface area contributed by atoms with E-state index in [1.807, 2.05) is 23.1 Å². The number of amides is 1. The molecule has 1 amide bonds. The van der Waals surface area contributed by atoms with E-state index >= 15 is 0 Å². The van der Waals surface area contributed by atoms with Crippen LogP contribution in [0.25, 0.3) is 22.3 Å². The maximum atomic E-state index is 14.9. The number of aromatic hydroxyl groups is 1. The van der Waals surface area contributed by atoms with E-state index in [0.29, 0.717) is 53.5 Å². The van der Waals surface area contributed by atoms with Crippen molar-refractivity contribution in [2.24, 2.45) is 0 Å². The molecule has 0 radical (unpaired) electrons. The highest BCUT2D eigenvalue weighted by molar-refractivity contribution is 5.90. The van der Waals surface area contributed by atoms with Crippen LogP contribution in [0.2, 0.25) is 0 Å². The Morgan fingerprint density at radius 1 is 1.10 bits per heavy atom. The highest BCUT2D eigenvalue weighted by atomic mass is 19.1. The number of carbonyl (C=O) groups excluding carboxylic acids is 1. The lowest BCUT2D eigenvalue weighted by atomic mass is 9.91. The molecule has 258 valence electrons. The van der Waals surface area contributed by atoms with E-state index in [1.54, 1.807) is 42.0 Å². The third kappa shape index (κ3) is 8.62. The second-order valence-electron chi connectivity index (χ2n) is 11.2. The Hall–Kier alpha value is -6.22. The monoisotopic (exact) mass is 682 g/mol. The minimum atomic E-state index is -0.835. The largest absolute Gasteiger partial charge is 0.504 e. The summed E-state index contributed by atoms with van der Waals surface area (Å²) in [4.78, 5) is 26.6. The molecular weight excluding hydrogens is 647 g/mol. The zero-order chi connectivity index (χ0) is 36.2. The number of carboxylic acid groups (broad SMARTS) is 1. The molecule has 2 heterocycles. The molecule has 1 unspecified atom stereocenters. The molecule has 0 aliphatic carbocycles. The molecule has 0 spiro atoms. The normalized spacial score (nSPS) is 13.1. The first-order chi connectivity index (χ1) is 24.2. The number of hydroxylamine groups is 1. The number of hydrogen-bond donors (Lipinski definition) is 5. The number of benzene rings is 3. The Kier molecular flexibility index (Phi) is 12.6. The quantitative estimate of drug-likeness (QED) is 0.0875. The summed E-state index contributed by atoms with van der Waals surface area (Å²) in [6.45, 7) is 3.16. The van der Waals surface area contributed by atoms with E-state index < -0.39 is 17.8 Å². The lowest BCUT2D eigenvalue weighted by Crippen LogP contribution is -2.42. The van der Waals surface area contributed by atoms with Crippen molar-refractivity contribution in [1.82, 2.24) is 15.8 Å². The zero-order valence-electron chi connectivity index (χ0n) is 27.3. The molecular formula is C36H35FN6O7. The molecule has 13 nitrogen and oxygen atoms in total. The number of methoxy groups -OCH3 is 1. The average Bonchev–Trinajstić information content (AvgIpc) is 3.14. The Bertz CT molecular complexity index is 1900. The standard InChI is InChI=1S/C35H33FN6O5.CH2O2/c1-21(35(44)41-45)47-27-8-3-22(4-9-27)19-39-26-11-13-42(14-12-26)34-28(18-38)33(24-5-6-25(17-37)30(36)15-24)29(20-40-34)23-7-10-32(46-2)31(43)16-23;2-1-3/h3-10,15-16,20-21,26,39,43,45H,11-14,19H2,1-2H3,(H,41,44);1H,(H,2,3). The number of anilines is 1. The predicted molar refractivity (Wildman–Crippen MR) is 180 cm³/mol. The van der Waals surface area contributed by atoms with Gasteiger partial charge in [-0.15, -0.1) is 0 Å². The van der Waals surface area contributed by atoms with Crippen LogP contribution in [0.4, 0.5) is 10.2 Å². The van der Waals surface area contributed by atoms with Crippen LogP contribution in [0.15, 0.2) is 66.9 Å². The summed E-state index contributed by atoms with van der Waals surface area (Å²) in [6, 6.07) is 20.8. The topological polar surface area (TPSA) is 201 Å². The summed E-state index contributed by atoms with van der Waals surface area (Å²) in [5.74, 6) is -0.152. The summed E-state index contributed by atoms with van der Waals surface area (Å²) in [7, 11) is 1.45. The van der Waals surface area contributed by atoms with Gasteiger partial charge in [-0.2, -0.15) is 10.5 Å². The lowest BCUT2D eigenvalue weighted by Gasteiger charge is -2.34. The number of halogens is 1. The Morgan fingerprint density at radius 2 is 1.78 bits per heavy atom. The highest BCUT2D eigenvalue weighted by Gasteiger charge is 2.26. The molecule has 4 aromatic rings. The van der Waals surface area contributed by atoms with Crippen molar-refractivity contribution >= 4 is 18.2 Å². The number of piperidine rings is 1. The summed E-state index contributed by atoms with van der Waals surface area (Å²) < 4.78 is 25.5. The van der Waals surface area contributed by atoms with Gasteiger partial charge in [0.1, 0.15) is 35.1 Å². The smallest absolute Gasteiger partial charge is 0.290 e. The first-order valence-corrected chi connectivity index (χ1v) is 15.4. The number of nitrogens with zero attached hydrogens (tertiary/aromatic N) is 4. The molecule has 5 N–H and O–H groups in total. The fourth-order valence-corrected chi connectivity index (χ4v) is 5.58. The van der Waals surface area contributed by atoms with Crippen LogP contribution in [-0.4, -0.2) is 65.1 Å². The van der Waals surface area contributed by atoms with Crippen molar-refractivity contribution in [2.45, 2.75) is 38.5 Å². The number of carbonyl (C=O) groups is 2. The van der Waals surface area contributed by atoms with Gasteiger partial charge in [0.25, 0.3) is 12.4 Å². The molecule has 3 aromatic carbocycles. The maximum absolute atomic E-state index is 14.9. The van der Waals surface area contributed by atoms with Crippen molar-refractivity contribution in [3.8, 4) is 51.6 Å². The molecule has 14 heteroatoms. The average molecular weight is 683 g/mol. The van der Waals surface area contributed by atoms with E-state index in [2.05, 4.69) is 11.4 Å². The van der Waals surface area contributed by atoms with E-state index in [-0.39, 0.29) is 35.1 Å². The number of nitrogens with one attached hydrogen (secondary N) is 2. The minimum Gasteiger partial charge on any atom is -0.504 e. The predicted octanol–water partition coefficient (Wildman–Crippen LogP) is 4.74. The molecule has 1 aromatic heterocycles. The second-order valence-corrected chi connectivity index (χ2v) is 11.2. The van der Waals surface area contributed by atoms with E-state index in [0.717, 1.165) is 18.4 Å². The van der Waals surface area contributed by atoms with Crippen molar-refractivity contribution in [3.63, 3.8) is 0 Å². The number of nitriles is 2. The van der Waals surface area contributed by atoms with Gasteiger partial charge in [0, 0.05) is 43.0 Å². The van der Waals surface area contributed by atoms with Gasteiger partial charge in [0.15, 0.2) is 17.6 Å².